The van der Waals surface area contributed by atoms with E-state index < -0.39 is 0 Å². The van der Waals surface area contributed by atoms with E-state index in [1.165, 1.54) is 12.8 Å². The molecule has 1 saturated heterocycles. The number of rotatable bonds is 5. The summed E-state index contributed by atoms with van der Waals surface area (Å²) in [5, 5.41) is 0. The van der Waals surface area contributed by atoms with Crippen LogP contribution in [0.15, 0.2) is 35.6 Å². The monoisotopic (exact) mass is 366 g/mol. The van der Waals surface area contributed by atoms with Gasteiger partial charge >= 0.3 is 6.01 Å². The van der Waals surface area contributed by atoms with Crippen LogP contribution in [0.5, 0.6) is 6.01 Å². The standard InChI is InChI=1S/C19H22N6O2/c26-18-16-8-22-17(13-4-1-2-5-13)25(16)10-14(23-18)9-24-11-15(12-24)27-19-20-6-3-7-21-19/h3,6-8,10,13,15H,1-2,4-5,9,11-12H2,(H,23,26). The molecule has 2 fully saturated rings. The van der Waals surface area contributed by atoms with Crippen LogP contribution < -0.4 is 10.3 Å². The van der Waals surface area contributed by atoms with Gasteiger partial charge in [-0.05, 0) is 18.9 Å². The molecule has 1 aliphatic carbocycles. The first-order valence-corrected chi connectivity index (χ1v) is 9.51. The molecule has 0 unspecified atom stereocenters. The van der Waals surface area contributed by atoms with Gasteiger partial charge in [-0.1, -0.05) is 12.8 Å². The van der Waals surface area contributed by atoms with E-state index in [0.717, 1.165) is 37.4 Å². The largest absolute Gasteiger partial charge is 0.457 e. The van der Waals surface area contributed by atoms with E-state index in [2.05, 4.69) is 24.8 Å². The number of ether oxygens (including phenoxy) is 1. The number of H-pyrrole nitrogens is 1. The van der Waals surface area contributed by atoms with Gasteiger partial charge in [0.25, 0.3) is 5.56 Å². The molecule has 0 radical (unpaired) electrons. The molecule has 8 nitrogen and oxygen atoms in total. The van der Waals surface area contributed by atoms with Gasteiger partial charge in [0.2, 0.25) is 0 Å². The van der Waals surface area contributed by atoms with Crippen molar-refractivity contribution >= 4 is 5.52 Å². The average molecular weight is 366 g/mol. The van der Waals surface area contributed by atoms with Crippen LogP contribution in [0, 0.1) is 0 Å². The minimum absolute atomic E-state index is 0.0738. The van der Waals surface area contributed by atoms with E-state index in [1.807, 2.05) is 10.6 Å². The summed E-state index contributed by atoms with van der Waals surface area (Å²) >= 11 is 0. The molecular formula is C19H22N6O2. The Kier molecular flexibility index (Phi) is 4.12. The zero-order chi connectivity index (χ0) is 18.2. The highest BCUT2D eigenvalue weighted by Crippen LogP contribution is 2.33. The second kappa shape index (κ2) is 6.77. The first kappa shape index (κ1) is 16.4. The molecule has 0 atom stereocenters. The highest BCUT2D eigenvalue weighted by atomic mass is 16.5. The summed E-state index contributed by atoms with van der Waals surface area (Å²) in [7, 11) is 0. The van der Waals surface area contributed by atoms with Gasteiger partial charge in [-0.25, -0.2) is 15.0 Å². The third kappa shape index (κ3) is 3.21. The van der Waals surface area contributed by atoms with Crippen LogP contribution in [-0.2, 0) is 6.54 Å². The Labute approximate surface area is 156 Å². The van der Waals surface area contributed by atoms with Crippen molar-refractivity contribution < 1.29 is 4.74 Å². The molecule has 3 aromatic heterocycles. The molecule has 4 heterocycles. The van der Waals surface area contributed by atoms with E-state index in [1.54, 1.807) is 24.7 Å². The minimum atomic E-state index is -0.0738. The lowest BCUT2D eigenvalue weighted by molar-refractivity contribution is 0.00802. The number of fused-ring (bicyclic) bond motifs is 1. The first-order chi connectivity index (χ1) is 13.3. The topological polar surface area (TPSA) is 88.4 Å². The molecule has 5 rings (SSSR count). The molecule has 1 saturated carbocycles. The van der Waals surface area contributed by atoms with E-state index >= 15 is 0 Å². The third-order valence-electron chi connectivity index (χ3n) is 5.47. The number of nitrogens with one attached hydrogen (secondary N) is 1. The van der Waals surface area contributed by atoms with Gasteiger partial charge in [-0.2, -0.15) is 0 Å². The van der Waals surface area contributed by atoms with Crippen LogP contribution in [-0.4, -0.2) is 48.4 Å². The molecule has 0 spiro atoms. The van der Waals surface area contributed by atoms with Crippen molar-refractivity contribution in [1.82, 2.24) is 29.2 Å². The second-order valence-corrected chi connectivity index (χ2v) is 7.43. The highest BCUT2D eigenvalue weighted by molar-refractivity contribution is 5.44. The fraction of sp³-hybridized carbons (Fsp3) is 0.474. The van der Waals surface area contributed by atoms with Crippen LogP contribution in [0.25, 0.3) is 5.52 Å². The normalized spacial score (nSPS) is 18.8. The van der Waals surface area contributed by atoms with Gasteiger partial charge in [0, 0.05) is 49.8 Å². The van der Waals surface area contributed by atoms with E-state index in [0.29, 0.717) is 24.0 Å². The maximum Gasteiger partial charge on any atom is 0.316 e. The van der Waals surface area contributed by atoms with Gasteiger partial charge in [-0.3, -0.25) is 14.1 Å². The summed E-state index contributed by atoms with van der Waals surface area (Å²) in [6.07, 6.45) is 12.0. The van der Waals surface area contributed by atoms with Gasteiger partial charge in [-0.15, -0.1) is 0 Å². The molecule has 3 aromatic rings. The van der Waals surface area contributed by atoms with E-state index in [4.69, 9.17) is 4.74 Å². The fourth-order valence-corrected chi connectivity index (χ4v) is 4.11. The van der Waals surface area contributed by atoms with Crippen molar-refractivity contribution in [3.8, 4) is 6.01 Å². The summed E-state index contributed by atoms with van der Waals surface area (Å²) in [6, 6.07) is 2.18. The molecule has 1 aliphatic heterocycles. The van der Waals surface area contributed by atoms with Gasteiger partial charge in [0.1, 0.15) is 17.4 Å². The smallest absolute Gasteiger partial charge is 0.316 e. The summed E-state index contributed by atoms with van der Waals surface area (Å²) in [4.78, 5) is 30.4. The lowest BCUT2D eigenvalue weighted by Crippen LogP contribution is -2.53. The Morgan fingerprint density at radius 3 is 2.70 bits per heavy atom. The summed E-state index contributed by atoms with van der Waals surface area (Å²) in [5.74, 6) is 1.50. The molecule has 8 heteroatoms. The number of imidazole rings is 1. The summed E-state index contributed by atoms with van der Waals surface area (Å²) < 4.78 is 7.73. The SMILES string of the molecule is O=c1[nH]c(CN2CC(Oc3ncccn3)C2)cn2c(C3CCCC3)ncc12. The number of nitrogens with zero attached hydrogens (tertiary/aromatic N) is 5. The summed E-state index contributed by atoms with van der Waals surface area (Å²) in [5.41, 5.74) is 1.46. The molecule has 1 N–H and O–H groups in total. The molecule has 140 valence electrons. The number of hydrogen-bond donors (Lipinski definition) is 1. The fourth-order valence-electron chi connectivity index (χ4n) is 4.11. The van der Waals surface area contributed by atoms with Crippen LogP contribution >= 0.6 is 0 Å². The van der Waals surface area contributed by atoms with Crippen LogP contribution in [0.3, 0.4) is 0 Å². The first-order valence-electron chi connectivity index (χ1n) is 9.51. The van der Waals surface area contributed by atoms with Crippen molar-refractivity contribution in [2.75, 3.05) is 13.1 Å². The van der Waals surface area contributed by atoms with Crippen molar-refractivity contribution in [3.05, 3.63) is 52.7 Å². The van der Waals surface area contributed by atoms with Crippen molar-refractivity contribution in [1.29, 1.82) is 0 Å². The zero-order valence-corrected chi connectivity index (χ0v) is 15.0. The van der Waals surface area contributed by atoms with Gasteiger partial charge < -0.3 is 9.72 Å². The van der Waals surface area contributed by atoms with Crippen molar-refractivity contribution in [3.63, 3.8) is 0 Å². The van der Waals surface area contributed by atoms with Gasteiger partial charge in [0.15, 0.2) is 0 Å². The Bertz CT molecular complexity index is 986. The maximum absolute atomic E-state index is 12.4. The Morgan fingerprint density at radius 2 is 1.93 bits per heavy atom. The van der Waals surface area contributed by atoms with E-state index in [-0.39, 0.29) is 11.7 Å². The lowest BCUT2D eigenvalue weighted by Gasteiger charge is -2.38. The van der Waals surface area contributed by atoms with Crippen LogP contribution in [0.4, 0.5) is 0 Å². The van der Waals surface area contributed by atoms with Crippen LogP contribution in [0.1, 0.15) is 43.1 Å². The van der Waals surface area contributed by atoms with Crippen molar-refractivity contribution in [2.24, 2.45) is 0 Å². The third-order valence-corrected chi connectivity index (χ3v) is 5.47. The number of hydrogen-bond acceptors (Lipinski definition) is 6. The average Bonchev–Trinajstić information content (AvgIpc) is 3.30. The molecule has 2 aliphatic rings. The molecule has 0 amide bonds. The van der Waals surface area contributed by atoms with Crippen LogP contribution in [0.2, 0.25) is 0 Å². The minimum Gasteiger partial charge on any atom is -0.457 e. The zero-order valence-electron chi connectivity index (χ0n) is 15.0. The molecule has 0 aromatic carbocycles. The quantitative estimate of drug-likeness (QED) is 0.740. The molecular weight excluding hydrogens is 344 g/mol. The van der Waals surface area contributed by atoms with Crippen molar-refractivity contribution in [2.45, 2.75) is 44.2 Å². The Morgan fingerprint density at radius 1 is 1.15 bits per heavy atom. The summed E-state index contributed by atoms with van der Waals surface area (Å²) in [6.45, 7) is 2.26. The Balaban J connectivity index is 1.28. The van der Waals surface area contributed by atoms with E-state index in [9.17, 15) is 4.79 Å². The Hall–Kier alpha value is -2.74. The molecule has 27 heavy (non-hydrogen) atoms. The predicted octanol–water partition coefficient (Wildman–Crippen LogP) is 1.73. The number of aromatic amines is 1. The predicted molar refractivity (Wildman–Crippen MR) is 98.7 cm³/mol. The maximum atomic E-state index is 12.4. The second-order valence-electron chi connectivity index (χ2n) is 7.43. The lowest BCUT2D eigenvalue weighted by atomic mass is 10.1. The number of likely N-dealkylation sites (tertiary alicyclic amines) is 1. The number of aromatic nitrogens is 5. The van der Waals surface area contributed by atoms with Gasteiger partial charge in [0.05, 0.1) is 6.20 Å². The molecule has 0 bridgehead atoms. The highest BCUT2D eigenvalue weighted by Gasteiger charge is 2.29.